The van der Waals surface area contributed by atoms with Crippen molar-refractivity contribution in [3.05, 3.63) is 185 Å². The van der Waals surface area contributed by atoms with E-state index in [-0.39, 0.29) is 23.2 Å². The number of benzene rings is 2. The van der Waals surface area contributed by atoms with Crippen molar-refractivity contribution in [2.24, 2.45) is 14.1 Å². The fourth-order valence-electron chi connectivity index (χ4n) is 10.5. The number of anilines is 2. The Bertz CT molecular complexity index is 4060. The van der Waals surface area contributed by atoms with Gasteiger partial charge in [0.05, 0.1) is 34.6 Å². The number of aromatic nitrogens is 8. The van der Waals surface area contributed by atoms with Gasteiger partial charge in [0.1, 0.15) is 33.8 Å². The molecule has 0 saturated carbocycles. The normalized spacial score (nSPS) is 12.6. The maximum absolute atomic E-state index is 13.7. The summed E-state index contributed by atoms with van der Waals surface area (Å²) in [6, 6.07) is 22.2. The summed E-state index contributed by atoms with van der Waals surface area (Å²) in [5, 5.41) is 9.04. The van der Waals surface area contributed by atoms with Crippen molar-refractivity contribution in [2.45, 2.75) is 134 Å². The van der Waals surface area contributed by atoms with Crippen molar-refractivity contribution >= 4 is 56.7 Å². The summed E-state index contributed by atoms with van der Waals surface area (Å²) in [6.07, 6.45) is 7.22. The predicted molar refractivity (Wildman–Crippen MR) is 328 cm³/mol. The zero-order valence-corrected chi connectivity index (χ0v) is 50.4. The topological polar surface area (TPSA) is 181 Å². The Labute approximate surface area is 478 Å². The van der Waals surface area contributed by atoms with Crippen LogP contribution in [0.5, 0.6) is 0 Å². The van der Waals surface area contributed by atoms with Crippen LogP contribution in [0, 0.1) is 55.4 Å². The molecule has 0 radical (unpaired) electrons. The Morgan fingerprint density at radius 2 is 0.866 bits per heavy atom. The Balaban J connectivity index is 0.000000198. The number of pyridine rings is 4. The average Bonchev–Trinajstić information content (AvgIpc) is 2.95. The molecule has 0 bridgehead atoms. The minimum absolute atomic E-state index is 0.127. The van der Waals surface area contributed by atoms with Gasteiger partial charge in [-0.05, 0) is 182 Å². The first-order valence-electron chi connectivity index (χ1n) is 27.6. The highest BCUT2D eigenvalue weighted by atomic mass is 16.6. The number of aryl methyl sites for hydroxylation is 6. The monoisotopic (exact) mass is 1100 g/mol. The molecule has 82 heavy (non-hydrogen) atoms. The van der Waals surface area contributed by atoms with Gasteiger partial charge in [-0.2, -0.15) is 0 Å². The third-order valence-electron chi connectivity index (χ3n) is 15.2. The number of ether oxygens (including phenoxy) is 2. The molecule has 0 spiro atoms. The van der Waals surface area contributed by atoms with Crippen molar-refractivity contribution in [1.29, 1.82) is 0 Å². The van der Waals surface area contributed by atoms with E-state index in [1.165, 1.54) is 0 Å². The maximum atomic E-state index is 13.7. The van der Waals surface area contributed by atoms with Crippen LogP contribution in [0.4, 0.5) is 11.4 Å². The number of rotatable bonds is 10. The lowest BCUT2D eigenvalue weighted by molar-refractivity contribution is 0.00580. The summed E-state index contributed by atoms with van der Waals surface area (Å²) in [4.78, 5) is 72.9. The average molecular weight is 1100 g/mol. The van der Waals surface area contributed by atoms with Crippen LogP contribution in [0.15, 0.2) is 107 Å². The second-order valence-corrected chi connectivity index (χ2v) is 23.7. The van der Waals surface area contributed by atoms with Gasteiger partial charge in [0.25, 0.3) is 11.1 Å². The summed E-state index contributed by atoms with van der Waals surface area (Å²) in [5.41, 5.74) is 15.7. The second kappa shape index (κ2) is 21.9. The molecule has 2 N–H and O–H groups in total. The Morgan fingerprint density at radius 3 is 1.22 bits per heavy atom. The van der Waals surface area contributed by atoms with Crippen LogP contribution in [0.2, 0.25) is 0 Å². The van der Waals surface area contributed by atoms with Gasteiger partial charge in [-0.25, -0.2) is 29.5 Å². The van der Waals surface area contributed by atoms with E-state index in [1.54, 1.807) is 33.3 Å². The molecule has 16 heteroatoms. The van der Waals surface area contributed by atoms with Crippen LogP contribution < -0.4 is 21.8 Å². The molecule has 8 heterocycles. The van der Waals surface area contributed by atoms with Crippen molar-refractivity contribution in [2.75, 3.05) is 10.6 Å². The Hall–Kier alpha value is -8.92. The van der Waals surface area contributed by atoms with Crippen molar-refractivity contribution < 1.29 is 19.1 Å². The molecule has 16 nitrogen and oxygen atoms in total. The first-order valence-corrected chi connectivity index (χ1v) is 27.6. The standard InChI is InChI=1S/2C33H37N5O3/c2*1-18-14-26(21(4)35-27-13-11-10-12-24(27)32(40)41-33(6,7)8)30-36-28(20(3)31(39)38(30)17-18)23-15-25-19(2)22(5)37(9)29(25)34-16-23/h2*10-17,21,35H,1-9H3/t21-;/m0./s1. The van der Waals surface area contributed by atoms with Crippen molar-refractivity contribution in [3.8, 4) is 22.5 Å². The number of nitrogens with zero attached hydrogens (tertiary/aromatic N) is 8. The molecule has 0 aliphatic carbocycles. The fraction of sp³-hybridized carbons (Fsp3) is 0.333. The number of hydrogen-bond acceptors (Lipinski definition) is 12. The minimum Gasteiger partial charge on any atom is -0.456 e. The van der Waals surface area contributed by atoms with Crippen LogP contribution in [0.25, 0.3) is 55.9 Å². The molecule has 0 aliphatic rings. The molecule has 2 atom stereocenters. The van der Waals surface area contributed by atoms with Crippen LogP contribution in [-0.2, 0) is 23.6 Å². The zero-order chi connectivity index (χ0) is 59.6. The van der Waals surface area contributed by atoms with Gasteiger partial charge < -0.3 is 29.2 Å². The van der Waals surface area contributed by atoms with E-state index < -0.39 is 23.1 Å². The summed E-state index contributed by atoms with van der Waals surface area (Å²) in [5.74, 6) is -0.799. The third kappa shape index (κ3) is 11.1. The van der Waals surface area contributed by atoms with Crippen LogP contribution in [-0.4, -0.2) is 61.0 Å². The van der Waals surface area contributed by atoms with Gasteiger partial charge in [-0.15, -0.1) is 0 Å². The van der Waals surface area contributed by atoms with Crippen LogP contribution >= 0.6 is 0 Å². The van der Waals surface area contributed by atoms with E-state index in [2.05, 4.69) is 59.6 Å². The number of nitrogens with one attached hydrogen (secondary N) is 2. The summed E-state index contributed by atoms with van der Waals surface area (Å²) in [6.45, 7) is 30.9. The fourth-order valence-corrected chi connectivity index (χ4v) is 10.5. The predicted octanol–water partition coefficient (Wildman–Crippen LogP) is 13.2. The largest absolute Gasteiger partial charge is 0.456 e. The van der Waals surface area contributed by atoms with E-state index in [4.69, 9.17) is 29.4 Å². The van der Waals surface area contributed by atoms with Gasteiger partial charge in [0, 0.05) is 106 Å². The summed E-state index contributed by atoms with van der Waals surface area (Å²) < 4.78 is 18.7. The molecule has 0 amide bonds. The number of fused-ring (bicyclic) bond motifs is 4. The third-order valence-corrected chi connectivity index (χ3v) is 15.2. The first kappa shape index (κ1) is 57.8. The van der Waals surface area contributed by atoms with Crippen molar-refractivity contribution in [1.82, 2.24) is 37.9 Å². The highest BCUT2D eigenvalue weighted by Gasteiger charge is 2.26. The molecule has 0 saturated heterocycles. The SMILES string of the molecule is Cc1cc(C(C)Nc2ccccc2C(=O)OC(C)(C)C)c2nc(-c3cnc4c(c3)c(C)c(C)n4C)c(C)c(=O)n2c1.Cc1cc([C@H](C)Nc2ccccc2C(=O)OC(C)(C)C)c2nc(-c3cnc4c(c3)c(C)c(C)n4C)c(C)c(=O)n2c1. The van der Waals surface area contributed by atoms with Gasteiger partial charge in [0.15, 0.2) is 0 Å². The Kier molecular flexibility index (Phi) is 15.4. The molecule has 8 aromatic heterocycles. The number of esters is 2. The number of carbonyl (C=O) groups is 2. The zero-order valence-electron chi connectivity index (χ0n) is 50.4. The highest BCUT2D eigenvalue weighted by molar-refractivity contribution is 5.97. The molecular weight excluding hydrogens is 1030 g/mol. The molecule has 2 aromatic carbocycles. The van der Waals surface area contributed by atoms with Crippen LogP contribution in [0.1, 0.15) is 144 Å². The Morgan fingerprint density at radius 1 is 0.512 bits per heavy atom. The highest BCUT2D eigenvalue weighted by Crippen LogP contribution is 2.34. The maximum Gasteiger partial charge on any atom is 0.340 e. The molecular formula is C66H74N10O6. The van der Waals surface area contributed by atoms with E-state index >= 15 is 0 Å². The smallest absolute Gasteiger partial charge is 0.340 e. The lowest BCUT2D eigenvalue weighted by Gasteiger charge is -2.23. The summed E-state index contributed by atoms with van der Waals surface area (Å²) >= 11 is 0. The molecule has 0 aliphatic heterocycles. The molecule has 10 aromatic rings. The van der Waals surface area contributed by atoms with E-state index in [9.17, 15) is 19.2 Å². The minimum atomic E-state index is -0.614. The van der Waals surface area contributed by atoms with Crippen LogP contribution in [0.3, 0.4) is 0 Å². The van der Waals surface area contributed by atoms with Gasteiger partial charge in [-0.1, -0.05) is 24.3 Å². The van der Waals surface area contributed by atoms with Gasteiger partial charge in [0.2, 0.25) is 0 Å². The number of carbonyl (C=O) groups excluding carboxylic acids is 2. The van der Waals surface area contributed by atoms with E-state index in [0.29, 0.717) is 56.3 Å². The van der Waals surface area contributed by atoms with E-state index in [0.717, 1.165) is 78.0 Å². The quantitative estimate of drug-likeness (QED) is 0.124. The summed E-state index contributed by atoms with van der Waals surface area (Å²) in [7, 11) is 4.01. The van der Waals surface area contributed by atoms with Gasteiger partial charge >= 0.3 is 11.9 Å². The second-order valence-electron chi connectivity index (χ2n) is 23.7. The van der Waals surface area contributed by atoms with E-state index in [1.807, 2.05) is 158 Å². The van der Waals surface area contributed by atoms with Gasteiger partial charge in [-0.3, -0.25) is 18.4 Å². The molecule has 0 fully saturated rings. The molecule has 1 unspecified atom stereocenters. The number of para-hydroxylation sites is 2. The van der Waals surface area contributed by atoms with Crippen molar-refractivity contribution in [3.63, 3.8) is 0 Å². The molecule has 10 rings (SSSR count). The number of hydrogen-bond donors (Lipinski definition) is 2. The first-order chi connectivity index (χ1) is 38.5. The lowest BCUT2D eigenvalue weighted by atomic mass is 10.0. The lowest BCUT2D eigenvalue weighted by Crippen LogP contribution is -2.25. The molecule has 424 valence electrons.